The van der Waals surface area contributed by atoms with Crippen LogP contribution in [0.25, 0.3) is 0 Å². The molecule has 0 spiro atoms. The largest absolute Gasteiger partial charge is 0.492 e. The van der Waals surface area contributed by atoms with Gasteiger partial charge in [-0.15, -0.1) is 0 Å². The van der Waals surface area contributed by atoms with Crippen molar-refractivity contribution in [3.05, 3.63) is 65.2 Å². The lowest BCUT2D eigenvalue weighted by Gasteiger charge is -2.11. The molecule has 2 rings (SSSR count). The third-order valence-corrected chi connectivity index (χ3v) is 3.66. The van der Waals surface area contributed by atoms with Crippen LogP contribution in [0.4, 0.5) is 13.2 Å². The topological polar surface area (TPSA) is 38.3 Å². The molecule has 0 bridgehead atoms. The predicted octanol–water partition coefficient (Wildman–Crippen LogP) is 4.64. The summed E-state index contributed by atoms with van der Waals surface area (Å²) in [4.78, 5) is 11.9. The van der Waals surface area contributed by atoms with Gasteiger partial charge in [-0.05, 0) is 47.9 Å². The van der Waals surface area contributed by atoms with E-state index in [4.69, 9.17) is 4.74 Å². The summed E-state index contributed by atoms with van der Waals surface area (Å²) in [5, 5.41) is 2.62. The summed E-state index contributed by atoms with van der Waals surface area (Å²) in [5.74, 6) is 0.672. The van der Waals surface area contributed by atoms with Crippen molar-refractivity contribution in [2.45, 2.75) is 25.9 Å². The zero-order valence-corrected chi connectivity index (χ0v) is 14.1. The molecular formula is C19H20F3NO2. The van der Waals surface area contributed by atoms with E-state index in [-0.39, 0.29) is 18.7 Å². The normalized spacial score (nSPS) is 11.4. The lowest BCUT2D eigenvalue weighted by molar-refractivity contribution is -0.137. The van der Waals surface area contributed by atoms with Gasteiger partial charge < -0.3 is 10.1 Å². The van der Waals surface area contributed by atoms with Crippen LogP contribution in [0.2, 0.25) is 0 Å². The number of hydrogen-bond donors (Lipinski definition) is 1. The minimum Gasteiger partial charge on any atom is -0.492 e. The number of amides is 1. The van der Waals surface area contributed by atoms with Crippen molar-refractivity contribution in [1.82, 2.24) is 5.32 Å². The summed E-state index contributed by atoms with van der Waals surface area (Å²) < 4.78 is 43.1. The van der Waals surface area contributed by atoms with E-state index in [9.17, 15) is 18.0 Å². The van der Waals surface area contributed by atoms with E-state index >= 15 is 0 Å². The van der Waals surface area contributed by atoms with Crippen LogP contribution >= 0.6 is 0 Å². The van der Waals surface area contributed by atoms with Crippen LogP contribution in [0.1, 0.15) is 41.3 Å². The van der Waals surface area contributed by atoms with Crippen molar-refractivity contribution in [3.63, 3.8) is 0 Å². The van der Waals surface area contributed by atoms with Gasteiger partial charge in [0.2, 0.25) is 0 Å². The zero-order valence-electron chi connectivity index (χ0n) is 14.1. The highest BCUT2D eigenvalue weighted by molar-refractivity contribution is 5.94. The van der Waals surface area contributed by atoms with Gasteiger partial charge in [0.05, 0.1) is 12.1 Å². The minimum atomic E-state index is -4.41. The summed E-state index contributed by atoms with van der Waals surface area (Å²) in [7, 11) is 0. The van der Waals surface area contributed by atoms with Crippen molar-refractivity contribution in [2.24, 2.45) is 0 Å². The Morgan fingerprint density at radius 2 is 1.80 bits per heavy atom. The molecule has 2 aromatic rings. The van der Waals surface area contributed by atoms with Crippen molar-refractivity contribution in [2.75, 3.05) is 13.2 Å². The van der Waals surface area contributed by atoms with E-state index in [0.717, 1.165) is 35.6 Å². The average molecular weight is 351 g/mol. The lowest BCUT2D eigenvalue weighted by atomic mass is 10.0. The number of rotatable bonds is 6. The van der Waals surface area contributed by atoms with Crippen LogP contribution in [0.3, 0.4) is 0 Å². The SMILES string of the molecule is CC(C)c1cccc(OCCNC(=O)c2ccc(C(F)(F)F)cc2)c1. The van der Waals surface area contributed by atoms with E-state index in [1.807, 2.05) is 24.3 Å². The lowest BCUT2D eigenvalue weighted by Crippen LogP contribution is -2.28. The second-order valence-electron chi connectivity index (χ2n) is 5.91. The summed E-state index contributed by atoms with van der Waals surface area (Å²) in [6.45, 7) is 4.70. The molecule has 0 aliphatic rings. The molecule has 2 aromatic carbocycles. The molecule has 0 fully saturated rings. The third kappa shape index (κ3) is 5.52. The Morgan fingerprint density at radius 3 is 2.40 bits per heavy atom. The van der Waals surface area contributed by atoms with E-state index in [2.05, 4.69) is 19.2 Å². The van der Waals surface area contributed by atoms with Crippen LogP contribution < -0.4 is 10.1 Å². The van der Waals surface area contributed by atoms with Crippen LogP contribution in [-0.4, -0.2) is 19.1 Å². The molecule has 134 valence electrons. The number of carbonyl (C=O) groups excluding carboxylic acids is 1. The molecule has 0 atom stereocenters. The molecule has 0 saturated heterocycles. The summed E-state index contributed by atoms with van der Waals surface area (Å²) in [5.41, 5.74) is 0.554. The maximum Gasteiger partial charge on any atom is 0.416 e. The first-order valence-electron chi connectivity index (χ1n) is 7.95. The molecule has 0 aliphatic carbocycles. The summed E-state index contributed by atoms with van der Waals surface area (Å²) in [6, 6.07) is 11.8. The quantitative estimate of drug-likeness (QED) is 0.770. The molecule has 0 aromatic heterocycles. The number of ether oxygens (including phenoxy) is 1. The second kappa shape index (κ2) is 8.05. The Bertz CT molecular complexity index is 709. The minimum absolute atomic E-state index is 0.176. The Morgan fingerprint density at radius 1 is 1.12 bits per heavy atom. The summed E-state index contributed by atoms with van der Waals surface area (Å²) in [6.07, 6.45) is -4.41. The molecule has 6 heteroatoms. The monoisotopic (exact) mass is 351 g/mol. The molecule has 1 N–H and O–H groups in total. The van der Waals surface area contributed by atoms with Gasteiger partial charge in [0.25, 0.3) is 5.91 Å². The highest BCUT2D eigenvalue weighted by Gasteiger charge is 2.30. The van der Waals surface area contributed by atoms with E-state index < -0.39 is 17.6 Å². The standard InChI is InChI=1S/C19H20F3NO2/c1-13(2)15-4-3-5-17(12-15)25-11-10-23-18(24)14-6-8-16(9-7-14)19(20,21)22/h3-9,12-13H,10-11H2,1-2H3,(H,23,24). The molecule has 25 heavy (non-hydrogen) atoms. The maximum atomic E-state index is 12.5. The first kappa shape index (κ1) is 18.8. The van der Waals surface area contributed by atoms with Crippen LogP contribution in [-0.2, 0) is 6.18 Å². The predicted molar refractivity (Wildman–Crippen MR) is 89.8 cm³/mol. The first-order chi connectivity index (χ1) is 11.8. The number of carbonyl (C=O) groups is 1. The Labute approximate surface area is 144 Å². The van der Waals surface area contributed by atoms with Crippen LogP contribution in [0.5, 0.6) is 5.75 Å². The Balaban J connectivity index is 1.81. The number of nitrogens with one attached hydrogen (secondary N) is 1. The molecular weight excluding hydrogens is 331 g/mol. The molecule has 0 saturated carbocycles. The van der Waals surface area contributed by atoms with Crippen molar-refractivity contribution in [1.29, 1.82) is 0 Å². The van der Waals surface area contributed by atoms with E-state index in [1.165, 1.54) is 0 Å². The number of benzene rings is 2. The zero-order chi connectivity index (χ0) is 18.4. The van der Waals surface area contributed by atoms with Gasteiger partial charge in [-0.3, -0.25) is 4.79 Å². The average Bonchev–Trinajstić information content (AvgIpc) is 2.58. The van der Waals surface area contributed by atoms with Gasteiger partial charge in [0.15, 0.2) is 0 Å². The van der Waals surface area contributed by atoms with Crippen molar-refractivity contribution >= 4 is 5.91 Å². The molecule has 0 radical (unpaired) electrons. The summed E-state index contributed by atoms with van der Waals surface area (Å²) >= 11 is 0. The van der Waals surface area contributed by atoms with Crippen LogP contribution in [0, 0.1) is 0 Å². The fourth-order valence-corrected chi connectivity index (χ4v) is 2.21. The smallest absolute Gasteiger partial charge is 0.416 e. The molecule has 3 nitrogen and oxygen atoms in total. The second-order valence-corrected chi connectivity index (χ2v) is 5.91. The molecule has 1 amide bonds. The number of halogens is 3. The van der Waals surface area contributed by atoms with E-state index in [0.29, 0.717) is 5.92 Å². The fraction of sp³-hybridized carbons (Fsp3) is 0.316. The highest BCUT2D eigenvalue weighted by atomic mass is 19.4. The first-order valence-corrected chi connectivity index (χ1v) is 7.95. The molecule has 0 heterocycles. The Hall–Kier alpha value is -2.50. The Kier molecular flexibility index (Phi) is 6.07. The van der Waals surface area contributed by atoms with Crippen molar-refractivity contribution < 1.29 is 22.7 Å². The number of hydrogen-bond acceptors (Lipinski definition) is 2. The van der Waals surface area contributed by atoms with Gasteiger partial charge in [0.1, 0.15) is 12.4 Å². The van der Waals surface area contributed by atoms with Crippen LogP contribution in [0.15, 0.2) is 48.5 Å². The highest BCUT2D eigenvalue weighted by Crippen LogP contribution is 2.29. The van der Waals surface area contributed by atoms with E-state index in [1.54, 1.807) is 0 Å². The van der Waals surface area contributed by atoms with Gasteiger partial charge in [-0.25, -0.2) is 0 Å². The molecule has 0 unspecified atom stereocenters. The van der Waals surface area contributed by atoms with Gasteiger partial charge in [-0.2, -0.15) is 13.2 Å². The van der Waals surface area contributed by atoms with Gasteiger partial charge >= 0.3 is 6.18 Å². The molecule has 0 aliphatic heterocycles. The fourth-order valence-electron chi connectivity index (χ4n) is 2.21. The number of alkyl halides is 3. The van der Waals surface area contributed by atoms with Gasteiger partial charge in [0, 0.05) is 5.56 Å². The maximum absolute atomic E-state index is 12.5. The van der Waals surface area contributed by atoms with Gasteiger partial charge in [-0.1, -0.05) is 26.0 Å². The third-order valence-electron chi connectivity index (χ3n) is 3.66. The van der Waals surface area contributed by atoms with Crippen molar-refractivity contribution in [3.8, 4) is 5.75 Å².